The number of ether oxygens (including phenoxy) is 1. The number of nitrogens with zero attached hydrogens (tertiary/aromatic N) is 2. The molecule has 3 aliphatic rings. The maximum Gasteiger partial charge on any atom is 0.341 e. The number of benzene rings is 1. The van der Waals surface area contributed by atoms with E-state index in [0.717, 1.165) is 46.7 Å². The first-order chi connectivity index (χ1) is 16.6. The van der Waals surface area contributed by atoms with Gasteiger partial charge in [0, 0.05) is 9.75 Å². The molecule has 2 aromatic heterocycles. The van der Waals surface area contributed by atoms with Gasteiger partial charge >= 0.3 is 5.97 Å². The van der Waals surface area contributed by atoms with Gasteiger partial charge in [0.1, 0.15) is 17.0 Å². The average Bonchev–Trinajstić information content (AvgIpc) is 3.63. The number of esters is 1. The molecule has 2 aliphatic heterocycles. The van der Waals surface area contributed by atoms with Crippen molar-refractivity contribution in [1.29, 1.82) is 0 Å². The van der Waals surface area contributed by atoms with E-state index < -0.39 is 29.9 Å². The lowest BCUT2D eigenvalue weighted by molar-refractivity contribution is -0.126. The monoisotopic (exact) mass is 494 g/mol. The molecular formula is C25H22N2O5S2. The number of carbonyl (C=O) groups is 3. The number of fused-ring (bicyclic) bond motifs is 2. The second-order valence-electron chi connectivity index (χ2n) is 8.57. The Balaban J connectivity index is 1.44. The van der Waals surface area contributed by atoms with Gasteiger partial charge in [0.05, 0.1) is 18.4 Å². The van der Waals surface area contributed by atoms with E-state index in [1.54, 1.807) is 5.06 Å². The smallest absolute Gasteiger partial charge is 0.341 e. The van der Waals surface area contributed by atoms with Gasteiger partial charge in [0.15, 0.2) is 6.10 Å². The zero-order chi connectivity index (χ0) is 23.4. The lowest BCUT2D eigenvalue weighted by Gasteiger charge is -2.27. The standard InChI is InChI=1S/C25H22N2O5S2/c1-31-25(30)18-15-10-5-6-11-16(15)34-24(18)26-22(28)19-20(17-12-7-13-33-17)27(32-21(19)23(26)29)14-8-3-2-4-9-14/h2-4,7-9,12-13,19-21H,5-6,10-11H2,1H3. The van der Waals surface area contributed by atoms with Crippen LogP contribution in [0, 0.1) is 5.92 Å². The van der Waals surface area contributed by atoms with Crippen LogP contribution in [0.2, 0.25) is 0 Å². The van der Waals surface area contributed by atoms with Crippen LogP contribution in [0.5, 0.6) is 0 Å². The molecule has 1 aliphatic carbocycles. The zero-order valence-corrected chi connectivity index (χ0v) is 20.1. The Morgan fingerprint density at radius 1 is 1.06 bits per heavy atom. The van der Waals surface area contributed by atoms with E-state index in [-0.39, 0.29) is 5.91 Å². The molecule has 34 heavy (non-hydrogen) atoms. The molecule has 2 amide bonds. The summed E-state index contributed by atoms with van der Waals surface area (Å²) in [7, 11) is 1.33. The number of hydrogen-bond acceptors (Lipinski definition) is 8. The van der Waals surface area contributed by atoms with E-state index in [0.29, 0.717) is 10.6 Å². The van der Waals surface area contributed by atoms with Crippen LogP contribution in [0.15, 0.2) is 47.8 Å². The molecule has 3 atom stereocenters. The number of imide groups is 1. The van der Waals surface area contributed by atoms with E-state index in [9.17, 15) is 14.4 Å². The fraction of sp³-hybridized carbons (Fsp3) is 0.320. The second-order valence-corrected chi connectivity index (χ2v) is 10.6. The number of carbonyl (C=O) groups excluding carboxylic acids is 3. The fourth-order valence-corrected chi connectivity index (χ4v) is 7.42. The minimum atomic E-state index is -0.954. The van der Waals surface area contributed by atoms with Crippen molar-refractivity contribution in [1.82, 2.24) is 0 Å². The van der Waals surface area contributed by atoms with Crippen molar-refractivity contribution < 1.29 is 24.0 Å². The molecule has 4 heterocycles. The molecule has 6 rings (SSSR count). The number of hydroxylamine groups is 1. The van der Waals surface area contributed by atoms with Crippen molar-refractivity contribution >= 4 is 51.1 Å². The lowest BCUT2D eigenvalue weighted by Crippen LogP contribution is -2.37. The van der Waals surface area contributed by atoms with Gasteiger partial charge in [-0.15, -0.1) is 22.7 Å². The molecule has 2 fully saturated rings. The van der Waals surface area contributed by atoms with E-state index in [2.05, 4.69) is 0 Å². The van der Waals surface area contributed by atoms with Crippen molar-refractivity contribution in [3.05, 3.63) is 68.7 Å². The van der Waals surface area contributed by atoms with Gasteiger partial charge in [-0.1, -0.05) is 24.3 Å². The number of para-hydroxylation sites is 1. The summed E-state index contributed by atoms with van der Waals surface area (Å²) in [4.78, 5) is 49.7. The SMILES string of the molecule is COC(=O)c1c(N2C(=O)C3ON(c4ccccc4)C(c4cccs4)C3C2=O)sc2c1CCCC2. The third-order valence-electron chi connectivity index (χ3n) is 6.71. The van der Waals surface area contributed by atoms with Gasteiger partial charge < -0.3 is 4.74 Å². The predicted octanol–water partition coefficient (Wildman–Crippen LogP) is 4.53. The van der Waals surface area contributed by atoms with Gasteiger partial charge in [0.2, 0.25) is 5.91 Å². The normalized spacial score (nSPS) is 23.9. The number of rotatable bonds is 4. The highest BCUT2D eigenvalue weighted by atomic mass is 32.1. The topological polar surface area (TPSA) is 76.2 Å². The third kappa shape index (κ3) is 3.14. The summed E-state index contributed by atoms with van der Waals surface area (Å²) in [5.74, 6) is -1.99. The van der Waals surface area contributed by atoms with Crippen molar-refractivity contribution in [2.75, 3.05) is 17.1 Å². The van der Waals surface area contributed by atoms with Crippen LogP contribution in [0.3, 0.4) is 0 Å². The number of thiophene rings is 2. The van der Waals surface area contributed by atoms with Gasteiger partial charge in [-0.25, -0.2) is 14.8 Å². The van der Waals surface area contributed by atoms with Crippen LogP contribution in [-0.2, 0) is 32.0 Å². The number of anilines is 2. The summed E-state index contributed by atoms with van der Waals surface area (Å²) >= 11 is 2.89. The first-order valence-corrected chi connectivity index (χ1v) is 12.9. The molecular weight excluding hydrogens is 472 g/mol. The lowest BCUT2D eigenvalue weighted by atomic mass is 9.95. The Kier molecular flexibility index (Phi) is 5.28. The highest BCUT2D eigenvalue weighted by molar-refractivity contribution is 7.17. The number of aryl methyl sites for hydroxylation is 1. The Bertz CT molecular complexity index is 1270. The molecule has 0 spiro atoms. The molecule has 3 unspecified atom stereocenters. The number of amides is 2. The number of hydrogen-bond donors (Lipinski definition) is 0. The fourth-order valence-electron chi connectivity index (χ4n) is 5.18. The first kappa shape index (κ1) is 21.5. The molecule has 0 radical (unpaired) electrons. The summed E-state index contributed by atoms with van der Waals surface area (Å²) in [6.07, 6.45) is 2.62. The molecule has 0 bridgehead atoms. The van der Waals surface area contributed by atoms with E-state index in [4.69, 9.17) is 9.57 Å². The number of methoxy groups -OCH3 is 1. The van der Waals surface area contributed by atoms with Crippen LogP contribution < -0.4 is 9.96 Å². The Hall–Kier alpha value is -3.01. The third-order valence-corrected chi connectivity index (χ3v) is 8.93. The molecule has 1 aromatic carbocycles. The Morgan fingerprint density at radius 3 is 2.59 bits per heavy atom. The van der Waals surface area contributed by atoms with Crippen molar-refractivity contribution in [2.45, 2.75) is 37.8 Å². The maximum absolute atomic E-state index is 13.9. The average molecular weight is 495 g/mol. The molecule has 174 valence electrons. The van der Waals surface area contributed by atoms with Crippen molar-refractivity contribution in [2.24, 2.45) is 5.92 Å². The minimum Gasteiger partial charge on any atom is -0.465 e. The largest absolute Gasteiger partial charge is 0.465 e. The highest BCUT2D eigenvalue weighted by Gasteiger charge is 2.61. The summed E-state index contributed by atoms with van der Waals surface area (Å²) in [6, 6.07) is 12.9. The molecule has 7 nitrogen and oxygen atoms in total. The molecule has 3 aromatic rings. The quantitative estimate of drug-likeness (QED) is 0.392. The van der Waals surface area contributed by atoms with Crippen LogP contribution >= 0.6 is 22.7 Å². The summed E-state index contributed by atoms with van der Waals surface area (Å²) in [5.41, 5.74) is 2.05. The molecule has 2 saturated heterocycles. The highest BCUT2D eigenvalue weighted by Crippen LogP contribution is 2.51. The van der Waals surface area contributed by atoms with Gasteiger partial charge in [-0.05, 0) is 54.8 Å². The van der Waals surface area contributed by atoms with Crippen LogP contribution in [0.25, 0.3) is 0 Å². The summed E-state index contributed by atoms with van der Waals surface area (Å²) in [6.45, 7) is 0. The van der Waals surface area contributed by atoms with Crippen molar-refractivity contribution in [3.63, 3.8) is 0 Å². The summed E-state index contributed by atoms with van der Waals surface area (Å²) < 4.78 is 5.06. The Labute approximate surface area is 204 Å². The summed E-state index contributed by atoms with van der Waals surface area (Å²) in [5, 5.41) is 4.02. The zero-order valence-electron chi connectivity index (χ0n) is 18.4. The molecule has 0 N–H and O–H groups in total. The molecule has 9 heteroatoms. The maximum atomic E-state index is 13.9. The van der Waals surface area contributed by atoms with Gasteiger partial charge in [-0.2, -0.15) is 0 Å². The second kappa shape index (κ2) is 8.33. The van der Waals surface area contributed by atoms with Crippen LogP contribution in [0.4, 0.5) is 10.7 Å². The minimum absolute atomic E-state index is 0.337. The van der Waals surface area contributed by atoms with Gasteiger partial charge in [-0.3, -0.25) is 14.4 Å². The van der Waals surface area contributed by atoms with E-state index in [1.165, 1.54) is 34.7 Å². The predicted molar refractivity (Wildman–Crippen MR) is 129 cm³/mol. The van der Waals surface area contributed by atoms with E-state index >= 15 is 0 Å². The Morgan fingerprint density at radius 2 is 1.85 bits per heavy atom. The van der Waals surface area contributed by atoms with Crippen LogP contribution in [0.1, 0.15) is 44.6 Å². The first-order valence-electron chi connectivity index (χ1n) is 11.2. The van der Waals surface area contributed by atoms with E-state index in [1.807, 2.05) is 47.8 Å². The molecule has 0 saturated carbocycles. The van der Waals surface area contributed by atoms with Crippen molar-refractivity contribution in [3.8, 4) is 0 Å². The van der Waals surface area contributed by atoms with Crippen LogP contribution in [-0.4, -0.2) is 31.0 Å². The van der Waals surface area contributed by atoms with Gasteiger partial charge in [0.25, 0.3) is 5.91 Å².